The van der Waals surface area contributed by atoms with Crippen molar-refractivity contribution in [1.82, 2.24) is 9.55 Å². The molecule has 1 aromatic carbocycles. The maximum Gasteiger partial charge on any atom is 0.340 e. The van der Waals surface area contributed by atoms with E-state index in [0.717, 1.165) is 11.3 Å². The van der Waals surface area contributed by atoms with E-state index in [-0.39, 0.29) is 5.70 Å². The summed E-state index contributed by atoms with van der Waals surface area (Å²) in [6.45, 7) is 0. The first kappa shape index (κ1) is 13.4. The van der Waals surface area contributed by atoms with Crippen LogP contribution < -0.4 is 0 Å². The number of esters is 1. The minimum Gasteiger partial charge on any atom is -0.466 e. The van der Waals surface area contributed by atoms with Crippen molar-refractivity contribution in [2.24, 2.45) is 5.11 Å². The van der Waals surface area contributed by atoms with Crippen molar-refractivity contribution in [2.45, 2.75) is 0 Å². The summed E-state index contributed by atoms with van der Waals surface area (Å²) >= 11 is 0. The number of azide groups is 1. The molecule has 100 valence electrons. The number of carbonyl (C=O) groups excluding carboxylic acids is 1. The standard InChI is InChI=1S/C13H11N5O2/c1-20-13(19)12(16-17-14)8-10-2-4-11(5-3-10)18-7-6-15-9-18/h2-9H,1H3. The van der Waals surface area contributed by atoms with Gasteiger partial charge in [-0.3, -0.25) is 0 Å². The molecular weight excluding hydrogens is 258 g/mol. The lowest BCUT2D eigenvalue weighted by molar-refractivity contribution is -0.136. The van der Waals surface area contributed by atoms with Gasteiger partial charge in [-0.2, -0.15) is 0 Å². The third-order valence-electron chi connectivity index (χ3n) is 2.55. The van der Waals surface area contributed by atoms with Crippen molar-refractivity contribution >= 4 is 12.0 Å². The number of hydrogen-bond acceptors (Lipinski definition) is 4. The van der Waals surface area contributed by atoms with Gasteiger partial charge >= 0.3 is 5.97 Å². The van der Waals surface area contributed by atoms with E-state index in [9.17, 15) is 4.79 Å². The molecule has 2 rings (SSSR count). The fraction of sp³-hybridized carbons (Fsp3) is 0.0769. The number of carbonyl (C=O) groups is 1. The molecule has 20 heavy (non-hydrogen) atoms. The highest BCUT2D eigenvalue weighted by Gasteiger charge is 2.07. The summed E-state index contributed by atoms with van der Waals surface area (Å²) in [6.07, 6.45) is 6.66. The third kappa shape index (κ3) is 3.04. The van der Waals surface area contributed by atoms with E-state index in [1.165, 1.54) is 13.2 Å². The highest BCUT2D eigenvalue weighted by atomic mass is 16.5. The Morgan fingerprint density at radius 3 is 2.75 bits per heavy atom. The molecule has 7 nitrogen and oxygen atoms in total. The van der Waals surface area contributed by atoms with Gasteiger partial charge in [-0.25, -0.2) is 9.78 Å². The molecule has 0 aliphatic rings. The zero-order chi connectivity index (χ0) is 14.4. The quantitative estimate of drug-likeness (QED) is 0.281. The van der Waals surface area contributed by atoms with Crippen LogP contribution in [0.15, 0.2) is 53.8 Å². The van der Waals surface area contributed by atoms with Gasteiger partial charge in [0.05, 0.1) is 13.4 Å². The van der Waals surface area contributed by atoms with Crippen LogP contribution in [-0.4, -0.2) is 22.6 Å². The molecule has 1 aromatic heterocycles. The molecule has 0 fully saturated rings. The van der Waals surface area contributed by atoms with Crippen LogP contribution in [0.3, 0.4) is 0 Å². The van der Waals surface area contributed by atoms with Crippen molar-refractivity contribution in [3.8, 4) is 5.69 Å². The van der Waals surface area contributed by atoms with Crippen LogP contribution in [0.4, 0.5) is 0 Å². The van der Waals surface area contributed by atoms with Crippen molar-refractivity contribution in [2.75, 3.05) is 7.11 Å². The molecule has 0 atom stereocenters. The monoisotopic (exact) mass is 269 g/mol. The van der Waals surface area contributed by atoms with Gasteiger partial charge in [-0.05, 0) is 29.3 Å². The summed E-state index contributed by atoms with van der Waals surface area (Å²) in [5.74, 6) is -0.679. The zero-order valence-electron chi connectivity index (χ0n) is 10.7. The highest BCUT2D eigenvalue weighted by Crippen LogP contribution is 2.13. The average molecular weight is 269 g/mol. The first-order valence-electron chi connectivity index (χ1n) is 5.68. The van der Waals surface area contributed by atoms with Gasteiger partial charge in [-0.1, -0.05) is 17.2 Å². The molecule has 0 saturated heterocycles. The molecule has 0 radical (unpaired) electrons. The van der Waals surface area contributed by atoms with Crippen LogP contribution in [0.2, 0.25) is 0 Å². The van der Waals surface area contributed by atoms with E-state index in [1.807, 2.05) is 22.9 Å². The van der Waals surface area contributed by atoms with Crippen molar-refractivity contribution < 1.29 is 9.53 Å². The highest BCUT2D eigenvalue weighted by molar-refractivity contribution is 5.93. The Morgan fingerprint density at radius 2 is 2.20 bits per heavy atom. The molecule has 0 bridgehead atoms. The normalized spacial score (nSPS) is 10.8. The van der Waals surface area contributed by atoms with E-state index in [0.29, 0.717) is 0 Å². The maximum atomic E-state index is 11.4. The van der Waals surface area contributed by atoms with E-state index in [4.69, 9.17) is 5.53 Å². The van der Waals surface area contributed by atoms with Crippen molar-refractivity contribution in [3.63, 3.8) is 0 Å². The van der Waals surface area contributed by atoms with Crippen LogP contribution in [0.5, 0.6) is 0 Å². The summed E-state index contributed by atoms with van der Waals surface area (Å²) < 4.78 is 6.38. The Labute approximate surface area is 114 Å². The van der Waals surface area contributed by atoms with Gasteiger partial charge < -0.3 is 9.30 Å². The fourth-order valence-corrected chi connectivity index (χ4v) is 1.59. The molecule has 0 N–H and O–H groups in total. The maximum absolute atomic E-state index is 11.4. The third-order valence-corrected chi connectivity index (χ3v) is 2.55. The molecule has 0 amide bonds. The number of methoxy groups -OCH3 is 1. The number of ether oxygens (including phenoxy) is 1. The fourth-order valence-electron chi connectivity index (χ4n) is 1.59. The SMILES string of the molecule is COC(=O)C(=Cc1ccc(-n2ccnc2)cc1)N=[N+]=[N-]. The van der Waals surface area contributed by atoms with Gasteiger partial charge in [0, 0.05) is 23.0 Å². The molecule has 0 saturated carbocycles. The first-order chi connectivity index (χ1) is 9.74. The van der Waals surface area contributed by atoms with Crippen LogP contribution in [0.25, 0.3) is 22.2 Å². The Balaban J connectivity index is 2.29. The number of aromatic nitrogens is 2. The molecule has 2 aromatic rings. The van der Waals surface area contributed by atoms with Gasteiger partial charge in [0.1, 0.15) is 5.70 Å². The second-order valence-electron chi connectivity index (χ2n) is 3.77. The van der Waals surface area contributed by atoms with E-state index < -0.39 is 5.97 Å². The lowest BCUT2D eigenvalue weighted by atomic mass is 10.1. The average Bonchev–Trinajstić information content (AvgIpc) is 3.01. The summed E-state index contributed by atoms with van der Waals surface area (Å²) in [7, 11) is 1.23. The van der Waals surface area contributed by atoms with Crippen molar-refractivity contribution in [1.29, 1.82) is 0 Å². The molecule has 0 aliphatic carbocycles. The second-order valence-corrected chi connectivity index (χ2v) is 3.77. The summed E-state index contributed by atoms with van der Waals surface area (Å²) in [5, 5.41) is 3.31. The van der Waals surface area contributed by atoms with Gasteiger partial charge in [0.2, 0.25) is 0 Å². The molecule has 0 spiro atoms. The summed E-state index contributed by atoms with van der Waals surface area (Å²) in [6, 6.07) is 7.31. The molecule has 1 heterocycles. The molecule has 0 unspecified atom stereocenters. The number of hydrogen-bond donors (Lipinski definition) is 0. The summed E-state index contributed by atoms with van der Waals surface area (Å²) in [4.78, 5) is 18.0. The largest absolute Gasteiger partial charge is 0.466 e. The number of benzene rings is 1. The van der Waals surface area contributed by atoms with E-state index in [1.54, 1.807) is 24.7 Å². The predicted molar refractivity (Wildman–Crippen MR) is 72.7 cm³/mol. The Bertz CT molecular complexity index is 667. The Kier molecular flexibility index (Phi) is 4.16. The Morgan fingerprint density at radius 1 is 1.45 bits per heavy atom. The van der Waals surface area contributed by atoms with Crippen LogP contribution in [0.1, 0.15) is 5.56 Å². The van der Waals surface area contributed by atoms with Crippen LogP contribution >= 0.6 is 0 Å². The van der Waals surface area contributed by atoms with Crippen LogP contribution in [-0.2, 0) is 9.53 Å². The van der Waals surface area contributed by atoms with Gasteiger partial charge in [0.15, 0.2) is 0 Å². The lowest BCUT2D eigenvalue weighted by Crippen LogP contribution is -2.01. The predicted octanol–water partition coefficient (Wildman–Crippen LogP) is 2.70. The molecule has 7 heteroatoms. The van der Waals surface area contributed by atoms with Crippen molar-refractivity contribution in [3.05, 3.63) is 64.7 Å². The first-order valence-corrected chi connectivity index (χ1v) is 5.68. The number of imidazole rings is 1. The second kappa shape index (κ2) is 6.21. The van der Waals surface area contributed by atoms with Crippen LogP contribution in [0, 0.1) is 0 Å². The van der Waals surface area contributed by atoms with Gasteiger partial charge in [0.25, 0.3) is 0 Å². The topological polar surface area (TPSA) is 92.9 Å². The molecule has 0 aliphatic heterocycles. The minimum atomic E-state index is -0.679. The van der Waals surface area contributed by atoms with E-state index in [2.05, 4.69) is 19.7 Å². The van der Waals surface area contributed by atoms with Gasteiger partial charge in [-0.15, -0.1) is 0 Å². The minimum absolute atomic E-state index is 0.0922. The lowest BCUT2D eigenvalue weighted by Gasteiger charge is -2.03. The number of rotatable bonds is 4. The summed E-state index contributed by atoms with van der Waals surface area (Å²) in [5.41, 5.74) is 9.99. The zero-order valence-corrected chi connectivity index (χ0v) is 10.7. The van der Waals surface area contributed by atoms with E-state index >= 15 is 0 Å². The molecular formula is C13H11N5O2. The smallest absolute Gasteiger partial charge is 0.340 e. The number of nitrogens with zero attached hydrogens (tertiary/aromatic N) is 5. The Hall–Kier alpha value is -3.05.